The molecule has 1 aliphatic rings. The van der Waals surface area contributed by atoms with E-state index < -0.39 is 5.91 Å². The fourth-order valence-corrected chi connectivity index (χ4v) is 3.79. The average molecular weight is 485 g/mol. The number of anilines is 2. The van der Waals surface area contributed by atoms with E-state index in [1.54, 1.807) is 12.4 Å². The highest BCUT2D eigenvalue weighted by Crippen LogP contribution is 2.32. The molecule has 0 spiro atoms. The highest BCUT2D eigenvalue weighted by molar-refractivity contribution is 6.30. The van der Waals surface area contributed by atoms with Crippen LogP contribution < -0.4 is 10.6 Å². The molecular weight excluding hydrogens is 464 g/mol. The van der Waals surface area contributed by atoms with E-state index in [0.717, 1.165) is 40.8 Å². The molecule has 1 aliphatic carbocycles. The van der Waals surface area contributed by atoms with Gasteiger partial charge in [0, 0.05) is 29.6 Å². The Bertz CT molecular complexity index is 1440. The van der Waals surface area contributed by atoms with Crippen molar-refractivity contribution in [3.8, 4) is 22.4 Å². The lowest BCUT2D eigenvalue weighted by Gasteiger charge is -2.12. The fourth-order valence-electron chi connectivity index (χ4n) is 3.65. The highest BCUT2D eigenvalue weighted by atomic mass is 35.5. The van der Waals surface area contributed by atoms with Crippen molar-refractivity contribution in [1.29, 1.82) is 0 Å². The minimum absolute atomic E-state index is 0.00889. The molecule has 0 atom stereocenters. The van der Waals surface area contributed by atoms with Crippen molar-refractivity contribution in [2.45, 2.75) is 19.8 Å². The number of hydrogen-bond acceptors (Lipinski definition) is 6. The van der Waals surface area contributed by atoms with Crippen molar-refractivity contribution in [3.63, 3.8) is 0 Å². The Morgan fingerprint density at radius 2 is 1.74 bits per heavy atom. The predicted molar refractivity (Wildman–Crippen MR) is 134 cm³/mol. The van der Waals surface area contributed by atoms with Gasteiger partial charge in [0.25, 0.3) is 5.91 Å². The van der Waals surface area contributed by atoms with Gasteiger partial charge in [-0.05, 0) is 78.9 Å². The van der Waals surface area contributed by atoms with Crippen LogP contribution in [-0.4, -0.2) is 32.0 Å². The second-order valence-electron chi connectivity index (χ2n) is 8.37. The van der Waals surface area contributed by atoms with E-state index in [1.165, 1.54) is 12.3 Å². The van der Waals surface area contributed by atoms with Crippen molar-refractivity contribution < 1.29 is 9.59 Å². The Kier molecular flexibility index (Phi) is 6.20. The number of nitrogens with zero attached hydrogens (tertiary/aromatic N) is 4. The summed E-state index contributed by atoms with van der Waals surface area (Å²) in [4.78, 5) is 33.5. The standard InChI is InChI=1S/C26H21ClN6O2/c1-15-2-5-20(31-26(35)23-12-19(27)14-30-33-23)13-21(15)17-6-8-28-22(10-17)18-7-9-29-24(11-18)32-25(34)16-3-4-16/h2,5-14,16H,3-4H2,1H3,(H,31,35)(H,29,32,34). The van der Waals surface area contributed by atoms with Crippen molar-refractivity contribution >= 4 is 34.9 Å². The molecule has 0 saturated heterocycles. The molecule has 3 heterocycles. The number of aromatic nitrogens is 4. The van der Waals surface area contributed by atoms with Gasteiger partial charge < -0.3 is 10.6 Å². The molecule has 3 aromatic heterocycles. The highest BCUT2D eigenvalue weighted by Gasteiger charge is 2.29. The summed E-state index contributed by atoms with van der Waals surface area (Å²) in [5, 5.41) is 13.6. The Balaban J connectivity index is 1.40. The molecule has 35 heavy (non-hydrogen) atoms. The number of carbonyl (C=O) groups is 2. The summed E-state index contributed by atoms with van der Waals surface area (Å²) in [6.45, 7) is 2.00. The van der Waals surface area contributed by atoms with Gasteiger partial charge in [-0.25, -0.2) is 4.98 Å². The van der Waals surface area contributed by atoms with Crippen LogP contribution in [-0.2, 0) is 4.79 Å². The van der Waals surface area contributed by atoms with Crippen LogP contribution in [0.4, 0.5) is 11.5 Å². The van der Waals surface area contributed by atoms with Crippen molar-refractivity contribution in [3.05, 3.63) is 83.4 Å². The average Bonchev–Trinajstić information content (AvgIpc) is 3.71. The third-order valence-corrected chi connectivity index (χ3v) is 5.88. The molecule has 2 N–H and O–H groups in total. The zero-order chi connectivity index (χ0) is 24.4. The van der Waals surface area contributed by atoms with E-state index in [9.17, 15) is 9.59 Å². The molecule has 8 nitrogen and oxygen atoms in total. The molecule has 9 heteroatoms. The van der Waals surface area contributed by atoms with Crippen LogP contribution in [0, 0.1) is 12.8 Å². The van der Waals surface area contributed by atoms with Crippen molar-refractivity contribution in [1.82, 2.24) is 20.2 Å². The first-order chi connectivity index (χ1) is 17.0. The molecule has 0 unspecified atom stereocenters. The number of hydrogen-bond donors (Lipinski definition) is 2. The normalized spacial score (nSPS) is 12.7. The van der Waals surface area contributed by atoms with Crippen molar-refractivity contribution in [2.24, 2.45) is 5.92 Å². The first-order valence-electron chi connectivity index (χ1n) is 11.1. The zero-order valence-electron chi connectivity index (χ0n) is 18.8. The lowest BCUT2D eigenvalue weighted by molar-refractivity contribution is -0.117. The van der Waals surface area contributed by atoms with Crippen LogP contribution in [0.2, 0.25) is 5.02 Å². The quantitative estimate of drug-likeness (QED) is 0.391. The summed E-state index contributed by atoms with van der Waals surface area (Å²) >= 11 is 5.92. The molecule has 5 rings (SSSR count). The smallest absolute Gasteiger partial charge is 0.276 e. The van der Waals surface area contributed by atoms with Gasteiger partial charge in [-0.2, -0.15) is 5.10 Å². The second kappa shape index (κ2) is 9.60. The van der Waals surface area contributed by atoms with E-state index in [2.05, 4.69) is 30.8 Å². The van der Waals surface area contributed by atoms with Crippen LogP contribution in [0.3, 0.4) is 0 Å². The summed E-state index contributed by atoms with van der Waals surface area (Å²) in [5.74, 6) is 0.220. The summed E-state index contributed by atoms with van der Waals surface area (Å²) in [7, 11) is 0. The molecule has 1 fully saturated rings. The Hall–Kier alpha value is -4.17. The zero-order valence-corrected chi connectivity index (χ0v) is 19.6. The molecule has 0 radical (unpaired) electrons. The first kappa shape index (κ1) is 22.6. The molecule has 174 valence electrons. The van der Waals surface area contributed by atoms with Gasteiger partial charge in [-0.3, -0.25) is 14.6 Å². The van der Waals surface area contributed by atoms with Crippen LogP contribution in [0.25, 0.3) is 22.4 Å². The van der Waals surface area contributed by atoms with Gasteiger partial charge in [0.05, 0.1) is 16.9 Å². The maximum absolute atomic E-state index is 12.6. The molecule has 0 aliphatic heterocycles. The third-order valence-electron chi connectivity index (χ3n) is 5.68. The summed E-state index contributed by atoms with van der Waals surface area (Å²) in [5.41, 5.74) is 5.25. The number of rotatable bonds is 6. The molecule has 1 aromatic carbocycles. The number of halogens is 1. The summed E-state index contributed by atoms with van der Waals surface area (Å²) < 4.78 is 0. The van der Waals surface area contributed by atoms with Gasteiger partial charge in [0.1, 0.15) is 5.82 Å². The number of aryl methyl sites for hydroxylation is 1. The van der Waals surface area contributed by atoms with E-state index in [4.69, 9.17) is 11.6 Å². The van der Waals surface area contributed by atoms with Gasteiger partial charge >= 0.3 is 0 Å². The second-order valence-corrected chi connectivity index (χ2v) is 8.80. The maximum atomic E-state index is 12.6. The summed E-state index contributed by atoms with van der Waals surface area (Å²) in [6.07, 6.45) is 6.63. The molecular formula is C26H21ClN6O2. The van der Waals surface area contributed by atoms with E-state index in [1.807, 2.05) is 49.4 Å². The SMILES string of the molecule is Cc1ccc(NC(=O)c2cc(Cl)cnn2)cc1-c1ccnc(-c2ccnc(NC(=O)C3CC3)c2)c1. The summed E-state index contributed by atoms with van der Waals surface area (Å²) in [6, 6.07) is 14.7. The maximum Gasteiger partial charge on any atom is 0.276 e. The van der Waals surface area contributed by atoms with E-state index in [-0.39, 0.29) is 17.5 Å². The predicted octanol–water partition coefficient (Wildman–Crippen LogP) is 5.16. The van der Waals surface area contributed by atoms with Gasteiger partial charge in [-0.1, -0.05) is 17.7 Å². The minimum Gasteiger partial charge on any atom is -0.321 e. The molecule has 2 amide bonds. The topological polar surface area (TPSA) is 110 Å². The van der Waals surface area contributed by atoms with Crippen LogP contribution >= 0.6 is 11.6 Å². The lowest BCUT2D eigenvalue weighted by Crippen LogP contribution is -2.14. The van der Waals surface area contributed by atoms with E-state index >= 15 is 0 Å². The van der Waals surface area contributed by atoms with Gasteiger partial charge in [0.2, 0.25) is 5.91 Å². The molecule has 1 saturated carbocycles. The van der Waals surface area contributed by atoms with Crippen molar-refractivity contribution in [2.75, 3.05) is 10.6 Å². The van der Waals surface area contributed by atoms with Gasteiger partial charge in [0.15, 0.2) is 5.69 Å². The minimum atomic E-state index is -0.400. The van der Waals surface area contributed by atoms with Crippen LogP contribution in [0.1, 0.15) is 28.9 Å². The third kappa shape index (κ3) is 5.33. The van der Waals surface area contributed by atoms with Crippen LogP contribution in [0.15, 0.2) is 67.1 Å². The van der Waals surface area contributed by atoms with Gasteiger partial charge in [-0.15, -0.1) is 5.10 Å². The first-order valence-corrected chi connectivity index (χ1v) is 11.5. The number of nitrogens with one attached hydrogen (secondary N) is 2. The molecule has 0 bridgehead atoms. The number of amides is 2. The number of pyridine rings is 2. The van der Waals surface area contributed by atoms with Crippen LogP contribution in [0.5, 0.6) is 0 Å². The Labute approximate surface area is 206 Å². The fraction of sp³-hybridized carbons (Fsp3) is 0.154. The Morgan fingerprint density at radius 3 is 2.54 bits per heavy atom. The largest absolute Gasteiger partial charge is 0.321 e. The monoisotopic (exact) mass is 484 g/mol. The number of carbonyl (C=O) groups excluding carboxylic acids is 2. The number of benzene rings is 1. The lowest BCUT2D eigenvalue weighted by atomic mass is 9.99. The van der Waals surface area contributed by atoms with E-state index in [0.29, 0.717) is 16.5 Å². The molecule has 4 aromatic rings. The Morgan fingerprint density at radius 1 is 0.943 bits per heavy atom.